The van der Waals surface area contributed by atoms with Crippen molar-refractivity contribution in [2.75, 3.05) is 4.90 Å². The number of carboxylic acids is 1. The molecule has 2 atom stereocenters. The van der Waals surface area contributed by atoms with E-state index in [0.717, 1.165) is 43.2 Å². The number of ether oxygens (including phenoxy) is 1. The minimum atomic E-state index is -1.06. The maximum absolute atomic E-state index is 14.4. The van der Waals surface area contributed by atoms with E-state index in [1.807, 2.05) is 13.0 Å². The molecule has 0 saturated carbocycles. The molecule has 0 fully saturated rings. The van der Waals surface area contributed by atoms with Crippen molar-refractivity contribution >= 4 is 46.6 Å². The van der Waals surface area contributed by atoms with E-state index in [2.05, 4.69) is 26.5 Å². The minimum Gasteiger partial charge on any atom is -0.507 e. The molecule has 3 aromatic carbocycles. The Balaban J connectivity index is 1.89. The van der Waals surface area contributed by atoms with Gasteiger partial charge in [0.05, 0.1) is 27.8 Å². The molecule has 44 heavy (non-hydrogen) atoms. The Bertz CT molecular complexity index is 1560. The lowest BCUT2D eigenvalue weighted by Crippen LogP contribution is -2.31. The van der Waals surface area contributed by atoms with E-state index in [1.54, 1.807) is 48.5 Å². The summed E-state index contributed by atoms with van der Waals surface area (Å²) >= 11 is 13.2. The van der Waals surface area contributed by atoms with E-state index in [0.29, 0.717) is 17.5 Å². The van der Waals surface area contributed by atoms with Crippen LogP contribution in [0.2, 0.25) is 10.0 Å². The molecule has 0 spiro atoms. The first-order chi connectivity index (χ1) is 21.0. The standard InChI is InChI=1S/C36H39Cl2NO5/c1-5-6-7-11-24-19-31(40)34(27-18-23(4)16-17-26(27)22(2)3)32(20-24)44-36(43)39(35-28(37)13-10-14-29(35)38)30-15-9-8-12-25(30)21-33(41)42/h8-10,12-15,18-20,26-27,40H,2,5-7,11,16-17,21H2,1,3-4H3,(H,41,42). The van der Waals surface area contributed by atoms with Crippen molar-refractivity contribution in [3.8, 4) is 11.5 Å². The van der Waals surface area contributed by atoms with Crippen LogP contribution in [-0.2, 0) is 17.6 Å². The molecule has 0 aromatic heterocycles. The van der Waals surface area contributed by atoms with Gasteiger partial charge in [-0.1, -0.05) is 91.0 Å². The molecule has 8 heteroatoms. The van der Waals surface area contributed by atoms with Gasteiger partial charge in [0.25, 0.3) is 0 Å². The van der Waals surface area contributed by atoms with Gasteiger partial charge in [0.15, 0.2) is 0 Å². The third kappa shape index (κ3) is 7.66. The van der Waals surface area contributed by atoms with Crippen LogP contribution in [0.5, 0.6) is 11.5 Å². The zero-order valence-corrected chi connectivity index (χ0v) is 26.9. The van der Waals surface area contributed by atoms with Gasteiger partial charge in [-0.05, 0) is 86.9 Å². The van der Waals surface area contributed by atoms with Crippen LogP contribution in [0, 0.1) is 5.92 Å². The predicted molar refractivity (Wildman–Crippen MR) is 178 cm³/mol. The van der Waals surface area contributed by atoms with Gasteiger partial charge in [-0.25, -0.2) is 9.69 Å². The van der Waals surface area contributed by atoms with E-state index >= 15 is 0 Å². The molecule has 2 N–H and O–H groups in total. The van der Waals surface area contributed by atoms with Gasteiger partial charge in [-0.15, -0.1) is 0 Å². The first kappa shape index (κ1) is 33.2. The lowest BCUT2D eigenvalue weighted by Gasteiger charge is -2.32. The molecule has 0 bridgehead atoms. The van der Waals surface area contributed by atoms with Gasteiger partial charge in [-0.3, -0.25) is 4.79 Å². The van der Waals surface area contributed by atoms with Crippen LogP contribution >= 0.6 is 23.2 Å². The lowest BCUT2D eigenvalue weighted by atomic mass is 9.73. The number of halogens is 2. The average Bonchev–Trinajstić information content (AvgIpc) is 2.95. The third-order valence-electron chi connectivity index (χ3n) is 8.08. The highest BCUT2D eigenvalue weighted by Crippen LogP contribution is 2.48. The monoisotopic (exact) mass is 635 g/mol. The third-order valence-corrected chi connectivity index (χ3v) is 8.69. The molecule has 2 unspecified atom stereocenters. The van der Waals surface area contributed by atoms with Crippen LogP contribution in [-0.4, -0.2) is 22.3 Å². The number of carbonyl (C=O) groups is 2. The van der Waals surface area contributed by atoms with E-state index in [-0.39, 0.29) is 51.2 Å². The Morgan fingerprint density at radius 3 is 2.43 bits per heavy atom. The molecular formula is C36H39Cl2NO5. The molecule has 0 saturated heterocycles. The number of allylic oxidation sites excluding steroid dienone is 3. The second kappa shape index (κ2) is 14.8. The number of amides is 1. The summed E-state index contributed by atoms with van der Waals surface area (Å²) in [6.07, 6.45) is 6.41. The number of unbranched alkanes of at least 4 members (excludes halogenated alkanes) is 2. The van der Waals surface area contributed by atoms with Gasteiger partial charge in [0.1, 0.15) is 11.5 Å². The highest BCUT2D eigenvalue weighted by atomic mass is 35.5. The Morgan fingerprint density at radius 2 is 1.77 bits per heavy atom. The van der Waals surface area contributed by atoms with Crippen molar-refractivity contribution < 1.29 is 24.5 Å². The Labute approximate surface area is 269 Å². The zero-order valence-electron chi connectivity index (χ0n) is 25.4. The fraction of sp³-hybridized carbons (Fsp3) is 0.333. The Kier molecular flexibility index (Phi) is 11.2. The average molecular weight is 637 g/mol. The van der Waals surface area contributed by atoms with Gasteiger partial charge >= 0.3 is 12.1 Å². The van der Waals surface area contributed by atoms with Crippen molar-refractivity contribution in [3.05, 3.63) is 105 Å². The highest BCUT2D eigenvalue weighted by Gasteiger charge is 2.33. The van der Waals surface area contributed by atoms with Gasteiger partial charge in [-0.2, -0.15) is 0 Å². The Hall–Kier alpha value is -3.74. The molecule has 4 rings (SSSR count). The number of aliphatic carboxylic acids is 1. The fourth-order valence-electron chi connectivity index (χ4n) is 5.91. The predicted octanol–water partition coefficient (Wildman–Crippen LogP) is 10.4. The van der Waals surface area contributed by atoms with Crippen molar-refractivity contribution in [2.24, 2.45) is 5.92 Å². The second-order valence-corrected chi connectivity index (χ2v) is 12.3. The van der Waals surface area contributed by atoms with Crippen LogP contribution in [0.4, 0.5) is 16.2 Å². The van der Waals surface area contributed by atoms with Crippen LogP contribution in [0.25, 0.3) is 0 Å². The quantitative estimate of drug-likeness (QED) is 0.162. The summed E-state index contributed by atoms with van der Waals surface area (Å²) in [4.78, 5) is 27.4. The fourth-order valence-corrected chi connectivity index (χ4v) is 6.48. The maximum atomic E-state index is 14.4. The molecular weight excluding hydrogens is 597 g/mol. The van der Waals surface area contributed by atoms with Gasteiger partial charge < -0.3 is 14.9 Å². The summed E-state index contributed by atoms with van der Waals surface area (Å²) in [6, 6.07) is 15.1. The summed E-state index contributed by atoms with van der Waals surface area (Å²) in [5, 5.41) is 21.5. The molecule has 1 aliphatic rings. The lowest BCUT2D eigenvalue weighted by molar-refractivity contribution is -0.136. The number of aromatic hydroxyl groups is 1. The summed E-state index contributed by atoms with van der Waals surface area (Å²) in [5.74, 6) is -0.998. The number of rotatable bonds is 11. The summed E-state index contributed by atoms with van der Waals surface area (Å²) in [6.45, 7) is 10.4. The number of aryl methyl sites for hydroxylation is 1. The van der Waals surface area contributed by atoms with Crippen LogP contribution < -0.4 is 9.64 Å². The van der Waals surface area contributed by atoms with Gasteiger partial charge in [0, 0.05) is 11.5 Å². The molecule has 1 amide bonds. The van der Waals surface area contributed by atoms with Crippen molar-refractivity contribution in [1.29, 1.82) is 0 Å². The normalized spacial score (nSPS) is 16.2. The number of benzene rings is 3. The Morgan fingerprint density at radius 1 is 1.07 bits per heavy atom. The first-order valence-corrected chi connectivity index (χ1v) is 15.7. The number of hydrogen-bond acceptors (Lipinski definition) is 4. The molecule has 6 nitrogen and oxygen atoms in total. The van der Waals surface area contributed by atoms with Crippen LogP contribution in [0.1, 0.15) is 75.5 Å². The van der Waals surface area contributed by atoms with E-state index < -0.39 is 12.1 Å². The van der Waals surface area contributed by atoms with Crippen molar-refractivity contribution in [1.82, 2.24) is 0 Å². The molecule has 0 heterocycles. The molecule has 3 aromatic rings. The first-order valence-electron chi connectivity index (χ1n) is 15.0. The van der Waals surface area contributed by atoms with Crippen molar-refractivity contribution in [2.45, 2.75) is 71.6 Å². The second-order valence-electron chi connectivity index (χ2n) is 11.5. The van der Waals surface area contributed by atoms with Gasteiger partial charge in [0.2, 0.25) is 0 Å². The largest absolute Gasteiger partial charge is 0.507 e. The van der Waals surface area contributed by atoms with Crippen LogP contribution in [0.15, 0.2) is 78.4 Å². The minimum absolute atomic E-state index is 0.0402. The molecule has 0 radical (unpaired) electrons. The van der Waals surface area contributed by atoms with Crippen LogP contribution in [0.3, 0.4) is 0 Å². The van der Waals surface area contributed by atoms with E-state index in [1.165, 1.54) is 10.5 Å². The number of phenolic OH excluding ortho intramolecular Hbond substituents is 1. The highest BCUT2D eigenvalue weighted by molar-refractivity contribution is 6.40. The number of anilines is 2. The summed E-state index contributed by atoms with van der Waals surface area (Å²) < 4.78 is 6.23. The number of nitrogens with zero attached hydrogens (tertiary/aromatic N) is 1. The van der Waals surface area contributed by atoms with Crippen molar-refractivity contribution in [3.63, 3.8) is 0 Å². The number of phenols is 1. The molecule has 232 valence electrons. The summed E-state index contributed by atoms with van der Waals surface area (Å²) in [5.41, 5.74) is 4.33. The summed E-state index contributed by atoms with van der Waals surface area (Å²) in [7, 11) is 0. The topological polar surface area (TPSA) is 87.1 Å². The van der Waals surface area contributed by atoms with E-state index in [4.69, 9.17) is 27.9 Å². The van der Waals surface area contributed by atoms with E-state index in [9.17, 15) is 19.8 Å². The number of hydrogen-bond donors (Lipinski definition) is 2. The number of para-hydroxylation sites is 2. The number of carboxylic acid groups (broad SMARTS) is 1. The number of carbonyl (C=O) groups excluding carboxylic acids is 1. The molecule has 1 aliphatic carbocycles. The smallest absolute Gasteiger partial charge is 0.424 e. The maximum Gasteiger partial charge on any atom is 0.424 e. The SMILES string of the molecule is C=C(C)C1CCC(C)=CC1c1c(O)cc(CCCCC)cc1OC(=O)N(c1ccccc1CC(=O)O)c1c(Cl)cccc1Cl. The molecule has 0 aliphatic heterocycles. The zero-order chi connectivity index (χ0) is 32.0.